The molecular formula is C16H14BrNO3. The molecule has 3 heterocycles. The quantitative estimate of drug-likeness (QED) is 0.579. The summed E-state index contributed by atoms with van der Waals surface area (Å²) in [4.78, 5) is 26.8. The number of anilines is 1. The fourth-order valence-electron chi connectivity index (χ4n) is 3.63. The first-order chi connectivity index (χ1) is 9.92. The summed E-state index contributed by atoms with van der Waals surface area (Å²) < 4.78 is 6.70. The average molecular weight is 348 g/mol. The van der Waals surface area contributed by atoms with Crippen molar-refractivity contribution in [2.24, 2.45) is 11.8 Å². The molecule has 2 amide bonds. The van der Waals surface area contributed by atoms with E-state index in [-0.39, 0.29) is 23.8 Å². The van der Waals surface area contributed by atoms with Gasteiger partial charge in [0.15, 0.2) is 0 Å². The van der Waals surface area contributed by atoms with Crippen LogP contribution in [0.25, 0.3) is 0 Å². The molecule has 0 unspecified atom stereocenters. The van der Waals surface area contributed by atoms with E-state index in [0.717, 1.165) is 10.0 Å². The number of carbonyl (C=O) groups is 2. The molecule has 0 aliphatic carbocycles. The van der Waals surface area contributed by atoms with Crippen molar-refractivity contribution in [1.82, 2.24) is 0 Å². The van der Waals surface area contributed by atoms with E-state index in [0.29, 0.717) is 5.69 Å². The lowest BCUT2D eigenvalue weighted by Gasteiger charge is -2.24. The molecule has 1 aromatic carbocycles. The lowest BCUT2D eigenvalue weighted by molar-refractivity contribution is -0.126. The summed E-state index contributed by atoms with van der Waals surface area (Å²) >= 11 is 3.45. The van der Waals surface area contributed by atoms with Gasteiger partial charge in [-0.3, -0.25) is 9.59 Å². The van der Waals surface area contributed by atoms with Crippen LogP contribution in [0.15, 0.2) is 34.8 Å². The summed E-state index contributed by atoms with van der Waals surface area (Å²) in [5.41, 5.74) is 1.05. The van der Waals surface area contributed by atoms with Gasteiger partial charge in [-0.15, -0.1) is 0 Å². The Morgan fingerprint density at radius 2 is 2.05 bits per heavy atom. The second-order valence-electron chi connectivity index (χ2n) is 6.07. The van der Waals surface area contributed by atoms with Crippen LogP contribution in [-0.2, 0) is 14.3 Å². The number of imide groups is 1. The van der Waals surface area contributed by atoms with Crippen molar-refractivity contribution in [3.05, 3.63) is 40.4 Å². The van der Waals surface area contributed by atoms with E-state index in [2.05, 4.69) is 15.9 Å². The number of fused-ring (bicyclic) bond motifs is 5. The highest BCUT2D eigenvalue weighted by Crippen LogP contribution is 2.52. The Labute approximate surface area is 130 Å². The third-order valence-corrected chi connectivity index (χ3v) is 5.60. The number of hydrogen-bond donors (Lipinski definition) is 0. The van der Waals surface area contributed by atoms with E-state index in [9.17, 15) is 9.59 Å². The summed E-state index contributed by atoms with van der Waals surface area (Å²) in [5.74, 6) is -1.10. The number of rotatable bonds is 1. The standard InChI is InChI=1S/C16H14BrNO3/c1-8-3-4-9(7-10(8)17)18-14(19)12-11-5-6-16(2,21-11)13(12)15(18)20/h3-7,11-13H,1-2H3/t11-,12-,13+,16-/m0/s1. The van der Waals surface area contributed by atoms with Gasteiger partial charge in [0, 0.05) is 4.47 Å². The predicted octanol–water partition coefficient (Wildman–Crippen LogP) is 2.59. The van der Waals surface area contributed by atoms with Gasteiger partial charge in [0.05, 0.1) is 29.2 Å². The molecule has 2 fully saturated rings. The minimum Gasteiger partial charge on any atom is -0.362 e. The van der Waals surface area contributed by atoms with Gasteiger partial charge in [-0.25, -0.2) is 4.90 Å². The molecule has 0 saturated carbocycles. The molecule has 4 atom stereocenters. The largest absolute Gasteiger partial charge is 0.362 e. The number of ether oxygens (including phenoxy) is 1. The van der Waals surface area contributed by atoms with E-state index in [1.807, 2.05) is 44.2 Å². The highest BCUT2D eigenvalue weighted by Gasteiger charge is 2.66. The minimum atomic E-state index is -0.640. The zero-order valence-corrected chi connectivity index (χ0v) is 13.3. The number of nitrogens with zero attached hydrogens (tertiary/aromatic N) is 1. The van der Waals surface area contributed by atoms with Gasteiger partial charge in [0.1, 0.15) is 0 Å². The summed E-state index contributed by atoms with van der Waals surface area (Å²) in [7, 11) is 0. The topological polar surface area (TPSA) is 46.6 Å². The SMILES string of the molecule is Cc1ccc(N2C(=O)[C@H]3[C@@H]4C=C[C@](C)(O4)[C@H]3C2=O)cc1Br. The zero-order chi connectivity index (χ0) is 14.9. The number of hydrogen-bond acceptors (Lipinski definition) is 3. The van der Waals surface area contributed by atoms with E-state index in [1.54, 1.807) is 0 Å². The van der Waals surface area contributed by atoms with Gasteiger partial charge < -0.3 is 4.74 Å². The van der Waals surface area contributed by atoms with Crippen LogP contribution in [0.5, 0.6) is 0 Å². The summed E-state index contributed by atoms with van der Waals surface area (Å²) in [6.45, 7) is 3.85. The Bertz CT molecular complexity index is 713. The van der Waals surface area contributed by atoms with E-state index in [1.165, 1.54) is 4.90 Å². The molecule has 2 bridgehead atoms. The highest BCUT2D eigenvalue weighted by molar-refractivity contribution is 9.10. The van der Waals surface area contributed by atoms with Gasteiger partial charge in [-0.1, -0.05) is 34.1 Å². The monoisotopic (exact) mass is 347 g/mol. The molecule has 4 nitrogen and oxygen atoms in total. The van der Waals surface area contributed by atoms with E-state index in [4.69, 9.17) is 4.74 Å². The second-order valence-corrected chi connectivity index (χ2v) is 6.93. The lowest BCUT2D eigenvalue weighted by atomic mass is 9.78. The van der Waals surface area contributed by atoms with Crippen LogP contribution in [0, 0.1) is 18.8 Å². The zero-order valence-electron chi connectivity index (χ0n) is 11.7. The first kappa shape index (κ1) is 13.2. The van der Waals surface area contributed by atoms with Crippen LogP contribution in [-0.4, -0.2) is 23.5 Å². The molecule has 108 valence electrons. The normalized spacial score (nSPS) is 36.7. The Kier molecular flexibility index (Phi) is 2.55. The number of aryl methyl sites for hydroxylation is 1. The fraction of sp³-hybridized carbons (Fsp3) is 0.375. The summed E-state index contributed by atoms with van der Waals surface area (Å²) in [6, 6.07) is 5.54. The Balaban J connectivity index is 1.78. The maximum absolute atomic E-state index is 12.8. The number of halogens is 1. The average Bonchev–Trinajstić information content (AvgIpc) is 3.03. The third kappa shape index (κ3) is 1.59. The third-order valence-electron chi connectivity index (χ3n) is 4.74. The predicted molar refractivity (Wildman–Crippen MR) is 80.8 cm³/mol. The second kappa shape index (κ2) is 4.05. The van der Waals surface area contributed by atoms with Crippen LogP contribution in [0.2, 0.25) is 0 Å². The van der Waals surface area contributed by atoms with Crippen LogP contribution in [0.1, 0.15) is 12.5 Å². The molecule has 4 rings (SSSR count). The summed E-state index contributed by atoms with van der Waals surface area (Å²) in [6.07, 6.45) is 3.55. The number of amides is 2. The lowest BCUT2D eigenvalue weighted by Crippen LogP contribution is -2.38. The van der Waals surface area contributed by atoms with Gasteiger partial charge >= 0.3 is 0 Å². The van der Waals surface area contributed by atoms with E-state index < -0.39 is 11.5 Å². The molecule has 1 aromatic rings. The minimum absolute atomic E-state index is 0.154. The molecule has 0 radical (unpaired) electrons. The Morgan fingerprint density at radius 1 is 1.29 bits per heavy atom. The first-order valence-electron chi connectivity index (χ1n) is 6.93. The Hall–Kier alpha value is -1.46. The van der Waals surface area contributed by atoms with Crippen molar-refractivity contribution in [2.45, 2.75) is 25.6 Å². The summed E-state index contributed by atoms with van der Waals surface area (Å²) in [5, 5.41) is 0. The maximum Gasteiger partial charge on any atom is 0.241 e. The van der Waals surface area contributed by atoms with Crippen molar-refractivity contribution in [3.63, 3.8) is 0 Å². The van der Waals surface area contributed by atoms with Gasteiger partial charge in [0.2, 0.25) is 11.8 Å². The van der Waals surface area contributed by atoms with Gasteiger partial charge in [-0.2, -0.15) is 0 Å². The molecule has 21 heavy (non-hydrogen) atoms. The molecule has 0 spiro atoms. The molecule has 0 N–H and O–H groups in total. The maximum atomic E-state index is 12.8. The molecule has 0 aromatic heterocycles. The van der Waals surface area contributed by atoms with Gasteiger partial charge in [-0.05, 0) is 31.5 Å². The molecule has 3 aliphatic heterocycles. The van der Waals surface area contributed by atoms with Crippen LogP contribution >= 0.6 is 15.9 Å². The molecule has 5 heteroatoms. The van der Waals surface area contributed by atoms with Crippen molar-refractivity contribution < 1.29 is 14.3 Å². The smallest absolute Gasteiger partial charge is 0.241 e. The van der Waals surface area contributed by atoms with Crippen LogP contribution < -0.4 is 4.90 Å². The molecule has 3 aliphatic rings. The van der Waals surface area contributed by atoms with Crippen LogP contribution in [0.4, 0.5) is 5.69 Å². The number of benzene rings is 1. The number of carbonyl (C=O) groups excluding carboxylic acids is 2. The Morgan fingerprint density at radius 3 is 2.71 bits per heavy atom. The van der Waals surface area contributed by atoms with Crippen molar-refractivity contribution in [3.8, 4) is 0 Å². The van der Waals surface area contributed by atoms with Crippen molar-refractivity contribution in [1.29, 1.82) is 0 Å². The first-order valence-corrected chi connectivity index (χ1v) is 7.73. The molecule has 2 saturated heterocycles. The van der Waals surface area contributed by atoms with Crippen LogP contribution in [0.3, 0.4) is 0 Å². The molecular weight excluding hydrogens is 334 g/mol. The van der Waals surface area contributed by atoms with Gasteiger partial charge in [0.25, 0.3) is 0 Å². The fourth-order valence-corrected chi connectivity index (χ4v) is 3.99. The van der Waals surface area contributed by atoms with Crippen molar-refractivity contribution in [2.75, 3.05) is 4.90 Å². The van der Waals surface area contributed by atoms with E-state index >= 15 is 0 Å². The highest BCUT2D eigenvalue weighted by atomic mass is 79.9. The van der Waals surface area contributed by atoms with Crippen molar-refractivity contribution >= 4 is 33.4 Å².